The van der Waals surface area contributed by atoms with Crippen molar-refractivity contribution in [1.29, 1.82) is 0 Å². The van der Waals surface area contributed by atoms with Crippen LogP contribution in [0, 0.1) is 0 Å². The van der Waals surface area contributed by atoms with Gasteiger partial charge in [0.25, 0.3) is 15.9 Å². The Morgan fingerprint density at radius 1 is 1.07 bits per heavy atom. The molecule has 0 spiro atoms. The van der Waals surface area contributed by atoms with Crippen molar-refractivity contribution in [3.63, 3.8) is 0 Å². The van der Waals surface area contributed by atoms with E-state index >= 15 is 0 Å². The van der Waals surface area contributed by atoms with Gasteiger partial charge in [-0.1, -0.05) is 18.2 Å². The largest absolute Gasteiger partial charge is 0.341 e. The zero-order chi connectivity index (χ0) is 20.3. The van der Waals surface area contributed by atoms with Gasteiger partial charge in [-0.15, -0.1) is 11.3 Å². The highest BCUT2D eigenvalue weighted by Gasteiger charge is 2.32. The van der Waals surface area contributed by atoms with Crippen molar-refractivity contribution in [2.24, 2.45) is 0 Å². The zero-order valence-electron chi connectivity index (χ0n) is 15.2. The van der Waals surface area contributed by atoms with Crippen LogP contribution in [-0.2, 0) is 14.8 Å². The molecular formula is C18H20BrN3O4S2. The lowest BCUT2D eigenvalue weighted by atomic mass is 10.2. The molecule has 0 unspecified atom stereocenters. The van der Waals surface area contributed by atoms with Crippen LogP contribution in [0.4, 0.5) is 0 Å². The Balaban J connectivity index is 1.57. The van der Waals surface area contributed by atoms with Crippen LogP contribution in [-0.4, -0.2) is 61.7 Å². The summed E-state index contributed by atoms with van der Waals surface area (Å²) in [6.45, 7) is 2.66. The van der Waals surface area contributed by atoms with E-state index < -0.39 is 16.1 Å². The lowest BCUT2D eigenvalue weighted by Gasteiger charge is -2.35. The molecule has 2 amide bonds. The third-order valence-corrected chi connectivity index (χ3v) is 8.44. The number of rotatable bonds is 5. The van der Waals surface area contributed by atoms with E-state index in [-0.39, 0.29) is 42.2 Å². The Bertz CT molecular complexity index is 954. The number of nitrogens with zero attached hydrogens (tertiary/aromatic N) is 2. The molecule has 7 nitrogen and oxygen atoms in total. The van der Waals surface area contributed by atoms with E-state index in [0.29, 0.717) is 5.56 Å². The molecule has 1 aromatic heterocycles. The molecular weight excluding hydrogens is 466 g/mol. The van der Waals surface area contributed by atoms with E-state index in [9.17, 15) is 18.0 Å². The average molecular weight is 486 g/mol. The second-order valence-electron chi connectivity index (χ2n) is 6.35. The first-order valence-electron chi connectivity index (χ1n) is 8.69. The molecule has 0 aliphatic carbocycles. The van der Waals surface area contributed by atoms with Gasteiger partial charge in [0.15, 0.2) is 0 Å². The van der Waals surface area contributed by atoms with Crippen molar-refractivity contribution in [2.75, 3.05) is 26.2 Å². The summed E-state index contributed by atoms with van der Waals surface area (Å²) in [6, 6.07) is 11.3. The van der Waals surface area contributed by atoms with E-state index in [1.54, 1.807) is 48.2 Å². The second-order valence-corrected chi connectivity index (χ2v) is 11.0. The first-order valence-corrected chi connectivity index (χ1v) is 11.7. The Morgan fingerprint density at radius 2 is 1.71 bits per heavy atom. The number of carbonyl (C=O) groups excluding carboxylic acids is 2. The van der Waals surface area contributed by atoms with Gasteiger partial charge in [-0.25, -0.2) is 8.42 Å². The maximum atomic E-state index is 12.7. The predicted octanol–water partition coefficient (Wildman–Crippen LogP) is 2.16. The van der Waals surface area contributed by atoms with Gasteiger partial charge in [0.05, 0.1) is 3.79 Å². The molecule has 0 saturated carbocycles. The molecule has 0 radical (unpaired) electrons. The third-order valence-electron chi connectivity index (χ3n) is 4.45. The van der Waals surface area contributed by atoms with Crippen molar-refractivity contribution in [3.05, 3.63) is 51.8 Å². The number of carbonyl (C=O) groups is 2. The second kappa shape index (κ2) is 8.73. The van der Waals surface area contributed by atoms with E-state index in [4.69, 9.17) is 0 Å². The highest BCUT2D eigenvalue weighted by molar-refractivity contribution is 9.11. The normalized spacial score (nSPS) is 16.6. The highest BCUT2D eigenvalue weighted by Crippen LogP contribution is 2.29. The minimum Gasteiger partial charge on any atom is -0.341 e. The minimum absolute atomic E-state index is 0.222. The maximum Gasteiger partial charge on any atom is 0.252 e. The number of hydrogen-bond acceptors (Lipinski definition) is 5. The van der Waals surface area contributed by atoms with Crippen molar-refractivity contribution in [3.8, 4) is 0 Å². The summed E-state index contributed by atoms with van der Waals surface area (Å²) in [7, 11) is -3.55. The van der Waals surface area contributed by atoms with E-state index in [0.717, 1.165) is 15.1 Å². The number of benzene rings is 1. The molecule has 1 aliphatic heterocycles. The van der Waals surface area contributed by atoms with Crippen LogP contribution < -0.4 is 5.32 Å². The van der Waals surface area contributed by atoms with E-state index in [1.165, 1.54) is 4.31 Å². The van der Waals surface area contributed by atoms with Crippen molar-refractivity contribution >= 4 is 49.1 Å². The topological polar surface area (TPSA) is 86.8 Å². The van der Waals surface area contributed by atoms with Gasteiger partial charge < -0.3 is 10.2 Å². The number of sulfonamides is 1. The Hall–Kier alpha value is -1.75. The van der Waals surface area contributed by atoms with Gasteiger partial charge in [0, 0.05) is 31.7 Å². The molecule has 28 heavy (non-hydrogen) atoms. The average Bonchev–Trinajstić information content (AvgIpc) is 3.15. The van der Waals surface area contributed by atoms with Gasteiger partial charge in [-0.2, -0.15) is 4.31 Å². The molecule has 3 rings (SSSR count). The third kappa shape index (κ3) is 4.62. The van der Waals surface area contributed by atoms with Gasteiger partial charge >= 0.3 is 0 Å². The predicted molar refractivity (Wildman–Crippen MR) is 111 cm³/mol. The van der Waals surface area contributed by atoms with Crippen LogP contribution in [0.3, 0.4) is 0 Å². The summed E-state index contributed by atoms with van der Waals surface area (Å²) >= 11 is 4.44. The van der Waals surface area contributed by atoms with Crippen LogP contribution in [0.1, 0.15) is 17.3 Å². The standard InChI is InChI=1S/C18H20BrN3O4S2/c1-13(20-17(23)14-5-3-2-4-6-14)18(24)21-9-11-22(12-10-21)28(25,26)16-8-7-15(19)27-16/h2-8,13H,9-12H2,1H3,(H,20,23)/t13-/m0/s1. The van der Waals surface area contributed by atoms with Gasteiger partial charge in [-0.3, -0.25) is 9.59 Å². The summed E-state index contributed by atoms with van der Waals surface area (Å²) in [5, 5.41) is 2.70. The van der Waals surface area contributed by atoms with Gasteiger partial charge in [0.2, 0.25) is 5.91 Å². The van der Waals surface area contributed by atoms with Crippen LogP contribution in [0.25, 0.3) is 0 Å². The number of halogens is 1. The molecule has 150 valence electrons. The molecule has 2 aromatic rings. The van der Waals surface area contributed by atoms with Crippen LogP contribution >= 0.6 is 27.3 Å². The van der Waals surface area contributed by atoms with E-state index in [2.05, 4.69) is 21.2 Å². The molecule has 10 heteroatoms. The Kier molecular flexibility index (Phi) is 6.54. The minimum atomic E-state index is -3.55. The number of thiophene rings is 1. The van der Waals surface area contributed by atoms with Crippen molar-refractivity contribution in [2.45, 2.75) is 17.2 Å². The van der Waals surface area contributed by atoms with E-state index in [1.807, 2.05) is 6.07 Å². The van der Waals surface area contributed by atoms with Gasteiger partial charge in [-0.05, 0) is 47.1 Å². The van der Waals surface area contributed by atoms with Crippen molar-refractivity contribution in [1.82, 2.24) is 14.5 Å². The summed E-state index contributed by atoms with van der Waals surface area (Å²) in [5.74, 6) is -0.536. The van der Waals surface area contributed by atoms with Gasteiger partial charge in [0.1, 0.15) is 10.3 Å². The molecule has 1 N–H and O–H groups in total. The summed E-state index contributed by atoms with van der Waals surface area (Å²) in [6.07, 6.45) is 0. The molecule has 2 heterocycles. The molecule has 1 saturated heterocycles. The summed E-state index contributed by atoms with van der Waals surface area (Å²) < 4.78 is 27.8. The summed E-state index contributed by atoms with van der Waals surface area (Å²) in [4.78, 5) is 26.4. The van der Waals surface area contributed by atoms with Crippen LogP contribution in [0.5, 0.6) is 0 Å². The van der Waals surface area contributed by atoms with Crippen LogP contribution in [0.2, 0.25) is 0 Å². The first kappa shape index (κ1) is 21.0. The number of amides is 2. The number of nitrogens with one attached hydrogen (secondary N) is 1. The fourth-order valence-electron chi connectivity index (χ4n) is 2.92. The Morgan fingerprint density at radius 3 is 2.29 bits per heavy atom. The lowest BCUT2D eigenvalue weighted by Crippen LogP contribution is -2.55. The number of hydrogen-bond donors (Lipinski definition) is 1. The SMILES string of the molecule is C[C@H](NC(=O)c1ccccc1)C(=O)N1CCN(S(=O)(=O)c2ccc(Br)s2)CC1. The molecule has 1 fully saturated rings. The summed E-state index contributed by atoms with van der Waals surface area (Å²) in [5.41, 5.74) is 0.486. The number of piperazine rings is 1. The molecule has 1 aromatic carbocycles. The Labute approximate surface area is 176 Å². The molecule has 0 bridgehead atoms. The highest BCUT2D eigenvalue weighted by atomic mass is 79.9. The first-order chi connectivity index (χ1) is 13.3. The monoisotopic (exact) mass is 485 g/mol. The maximum absolute atomic E-state index is 12.7. The van der Waals surface area contributed by atoms with Crippen LogP contribution in [0.15, 0.2) is 50.5 Å². The smallest absolute Gasteiger partial charge is 0.252 e. The lowest BCUT2D eigenvalue weighted by molar-refractivity contribution is -0.134. The quantitative estimate of drug-likeness (QED) is 0.702. The molecule has 1 atom stereocenters. The van der Waals surface area contributed by atoms with Crippen molar-refractivity contribution < 1.29 is 18.0 Å². The zero-order valence-corrected chi connectivity index (χ0v) is 18.4. The molecule has 1 aliphatic rings. The fourth-order valence-corrected chi connectivity index (χ4v) is 6.50. The fraction of sp³-hybridized carbons (Fsp3) is 0.333.